The molecule has 4 atom stereocenters. The van der Waals surface area contributed by atoms with Gasteiger partial charge in [0.2, 0.25) is 0 Å². The number of likely N-dealkylation sites (tertiary alicyclic amines) is 1. The summed E-state index contributed by atoms with van der Waals surface area (Å²) >= 11 is -1.67. The van der Waals surface area contributed by atoms with Crippen molar-refractivity contribution >= 4 is 17.1 Å². The van der Waals surface area contributed by atoms with Crippen LogP contribution in [0, 0.1) is 23.4 Å². The smallest absolute Gasteiger partial charge is 0.274 e. The third-order valence-corrected chi connectivity index (χ3v) is 6.85. The lowest BCUT2D eigenvalue weighted by Gasteiger charge is -2.40. The summed E-state index contributed by atoms with van der Waals surface area (Å²) in [5, 5.41) is 12.8. The van der Waals surface area contributed by atoms with Crippen LogP contribution < -0.4 is 16.8 Å². The van der Waals surface area contributed by atoms with E-state index < -0.39 is 57.9 Å². The number of amides is 1. The number of carbonyl (C=O) groups excluding carboxylic acids is 1. The van der Waals surface area contributed by atoms with E-state index in [4.69, 9.17) is 11.5 Å². The Morgan fingerprint density at radius 2 is 1.92 bits per heavy atom. The van der Waals surface area contributed by atoms with Crippen molar-refractivity contribution < 1.29 is 27.6 Å². The molecule has 1 aliphatic rings. The van der Waals surface area contributed by atoms with Crippen molar-refractivity contribution in [3.8, 4) is 11.3 Å². The van der Waals surface area contributed by atoms with Crippen molar-refractivity contribution in [1.29, 1.82) is 0 Å². The molecule has 37 heavy (non-hydrogen) atoms. The van der Waals surface area contributed by atoms with E-state index in [2.05, 4.69) is 16.9 Å². The first-order chi connectivity index (χ1) is 17.5. The van der Waals surface area contributed by atoms with Crippen molar-refractivity contribution in [2.24, 2.45) is 17.4 Å². The molecule has 0 spiro atoms. The van der Waals surface area contributed by atoms with E-state index in [1.807, 2.05) is 11.8 Å². The fourth-order valence-corrected chi connectivity index (χ4v) is 4.60. The van der Waals surface area contributed by atoms with Gasteiger partial charge in [-0.1, -0.05) is 13.5 Å². The minimum atomic E-state index is -1.67. The lowest BCUT2D eigenvalue weighted by Crippen LogP contribution is -2.55. The van der Waals surface area contributed by atoms with Crippen LogP contribution in [0.3, 0.4) is 0 Å². The van der Waals surface area contributed by atoms with Gasteiger partial charge in [0.25, 0.3) is 5.91 Å². The molecule has 1 saturated heterocycles. The van der Waals surface area contributed by atoms with Gasteiger partial charge in [-0.25, -0.2) is 18.2 Å². The molecule has 12 heteroatoms. The van der Waals surface area contributed by atoms with Gasteiger partial charge in [0, 0.05) is 37.2 Å². The Balaban J connectivity index is 1.98. The van der Waals surface area contributed by atoms with Crippen LogP contribution in [0.2, 0.25) is 0 Å². The molecule has 0 aliphatic carbocycles. The highest BCUT2D eigenvalue weighted by molar-refractivity contribution is 7.90. The molecule has 2 aromatic rings. The van der Waals surface area contributed by atoms with Gasteiger partial charge in [0.1, 0.15) is 35.1 Å². The highest BCUT2D eigenvalue weighted by Gasteiger charge is 2.32. The van der Waals surface area contributed by atoms with Crippen molar-refractivity contribution in [3.05, 3.63) is 83.7 Å². The van der Waals surface area contributed by atoms with Crippen molar-refractivity contribution in [2.45, 2.75) is 24.0 Å². The Morgan fingerprint density at radius 1 is 1.27 bits per heavy atom. The Bertz CT molecular complexity index is 1220. The monoisotopic (exact) mass is 535 g/mol. The van der Waals surface area contributed by atoms with Gasteiger partial charge in [0.05, 0.1) is 23.1 Å². The second-order valence-corrected chi connectivity index (χ2v) is 9.98. The predicted molar refractivity (Wildman–Crippen MR) is 135 cm³/mol. The molecule has 0 saturated carbocycles. The molecule has 1 aromatic carbocycles. The molecule has 1 fully saturated rings. The zero-order chi connectivity index (χ0) is 27.4. The van der Waals surface area contributed by atoms with Crippen LogP contribution in [0.4, 0.5) is 13.2 Å². The number of pyridine rings is 1. The third-order valence-electron chi connectivity index (χ3n) is 5.95. The first kappa shape index (κ1) is 28.3. The minimum Gasteiger partial charge on any atom is -0.612 e. The summed E-state index contributed by atoms with van der Waals surface area (Å²) in [6.07, 6.45) is 4.70. The maximum Gasteiger partial charge on any atom is 0.274 e. The normalized spacial score (nSPS) is 21.5. The lowest BCUT2D eigenvalue weighted by atomic mass is 9.92. The third kappa shape index (κ3) is 6.16. The van der Waals surface area contributed by atoms with Crippen LogP contribution >= 0.6 is 0 Å². The maximum absolute atomic E-state index is 14.7. The summed E-state index contributed by atoms with van der Waals surface area (Å²) in [6, 6.07) is 3.04. The molecule has 0 unspecified atom stereocenters. The number of allylic oxidation sites excluding steroid dienone is 2. The summed E-state index contributed by atoms with van der Waals surface area (Å²) in [4.78, 5) is 18.6. The SMILES string of the molecule is C=C/C(NC(=O)c1ccc(F)c(-c2c(F)cc([S@+](C)[O-])cc2F)n1)=C(\C=C/N)N1C[C@@H](N)[C@H](O)[C@@H](C)C1. The summed E-state index contributed by atoms with van der Waals surface area (Å²) in [7, 11) is 0. The summed E-state index contributed by atoms with van der Waals surface area (Å²) in [5.41, 5.74) is 10.5. The largest absolute Gasteiger partial charge is 0.612 e. The van der Waals surface area contributed by atoms with Crippen molar-refractivity contribution in [1.82, 2.24) is 15.2 Å². The Hall–Kier alpha value is -3.32. The molecule has 2 heterocycles. The fraction of sp³-hybridized carbons (Fsp3) is 0.280. The standard InChI is InChI=1S/C25H28F3N5O3S/c1-4-19(21(7-8-29)33-11-13(2)24(34)18(30)12-33)32-25(35)20-6-5-15(26)23(31-20)22-16(27)9-14(37(3)36)10-17(22)28/h4-10,13,18,24,34H,1,11-12,29-30H2,2-3H3,(H,32,35)/b8-7-,21-19-/t13-,18+,24+,37-/m0/s1. The number of benzene rings is 1. The zero-order valence-electron chi connectivity index (χ0n) is 20.2. The van der Waals surface area contributed by atoms with Gasteiger partial charge in [-0.05, 0) is 41.7 Å². The summed E-state index contributed by atoms with van der Waals surface area (Å²) in [6.45, 7) is 6.24. The van der Waals surface area contributed by atoms with Crippen LogP contribution in [0.1, 0.15) is 17.4 Å². The number of rotatable bonds is 7. The molecular formula is C25H28F3N5O3S. The van der Waals surface area contributed by atoms with Crippen LogP contribution in [-0.4, -0.2) is 56.9 Å². The number of aliphatic hydroxyl groups is 1. The molecule has 8 nitrogen and oxygen atoms in total. The maximum atomic E-state index is 14.7. The molecule has 1 aromatic heterocycles. The van der Waals surface area contributed by atoms with Gasteiger partial charge in [0.15, 0.2) is 4.90 Å². The number of hydrogen-bond donors (Lipinski definition) is 4. The molecule has 1 aliphatic heterocycles. The van der Waals surface area contributed by atoms with E-state index in [0.29, 0.717) is 12.2 Å². The van der Waals surface area contributed by atoms with E-state index in [1.54, 1.807) is 0 Å². The van der Waals surface area contributed by atoms with Gasteiger partial charge in [-0.2, -0.15) is 0 Å². The number of halogens is 3. The number of hydrogen-bond acceptors (Lipinski definition) is 7. The minimum absolute atomic E-state index is 0.117. The number of piperidine rings is 1. The molecule has 3 rings (SSSR count). The average molecular weight is 536 g/mol. The van der Waals surface area contributed by atoms with E-state index in [9.17, 15) is 27.6 Å². The molecule has 198 valence electrons. The van der Waals surface area contributed by atoms with Crippen LogP contribution in [0.15, 0.2) is 65.5 Å². The van der Waals surface area contributed by atoms with Gasteiger partial charge >= 0.3 is 0 Å². The lowest BCUT2D eigenvalue weighted by molar-refractivity contribution is 0.0304. The molecule has 0 bridgehead atoms. The first-order valence-electron chi connectivity index (χ1n) is 11.2. The number of aromatic nitrogens is 1. The van der Waals surface area contributed by atoms with E-state index in [-0.39, 0.29) is 28.7 Å². The predicted octanol–water partition coefficient (Wildman–Crippen LogP) is 2.14. The quantitative estimate of drug-likeness (QED) is 0.315. The van der Waals surface area contributed by atoms with Gasteiger partial charge in [-0.3, -0.25) is 4.79 Å². The fourth-order valence-electron chi connectivity index (χ4n) is 4.06. The number of carbonyl (C=O) groups is 1. The van der Waals surface area contributed by atoms with Gasteiger partial charge < -0.3 is 31.3 Å². The molecule has 6 N–H and O–H groups in total. The summed E-state index contributed by atoms with van der Waals surface area (Å²) in [5.74, 6) is -4.38. The average Bonchev–Trinajstić information content (AvgIpc) is 2.84. The highest BCUT2D eigenvalue weighted by atomic mass is 32.2. The number of aliphatic hydroxyl groups excluding tert-OH is 1. The Morgan fingerprint density at radius 3 is 2.46 bits per heavy atom. The topological polar surface area (TPSA) is 141 Å². The number of nitrogens with zero attached hydrogens (tertiary/aromatic N) is 2. The van der Waals surface area contributed by atoms with E-state index >= 15 is 0 Å². The molecule has 1 amide bonds. The molecular weight excluding hydrogens is 507 g/mol. The summed E-state index contributed by atoms with van der Waals surface area (Å²) < 4.78 is 55.5. The van der Waals surface area contributed by atoms with Gasteiger partial charge in [-0.15, -0.1) is 0 Å². The van der Waals surface area contributed by atoms with Crippen LogP contribution in [-0.2, 0) is 11.2 Å². The first-order valence-corrected chi connectivity index (χ1v) is 12.8. The molecule has 0 radical (unpaired) electrons. The Labute approximate surface area is 215 Å². The van der Waals surface area contributed by atoms with E-state index in [1.165, 1.54) is 24.6 Å². The number of nitrogens with two attached hydrogens (primary N) is 2. The van der Waals surface area contributed by atoms with Crippen LogP contribution in [0.5, 0.6) is 0 Å². The van der Waals surface area contributed by atoms with E-state index in [0.717, 1.165) is 24.3 Å². The van der Waals surface area contributed by atoms with Crippen molar-refractivity contribution in [2.75, 3.05) is 19.3 Å². The second kappa shape index (κ2) is 11.8. The highest BCUT2D eigenvalue weighted by Crippen LogP contribution is 2.30. The van der Waals surface area contributed by atoms with Crippen molar-refractivity contribution in [3.63, 3.8) is 0 Å². The second-order valence-electron chi connectivity index (χ2n) is 8.60. The Kier molecular flexibility index (Phi) is 9.02. The van der Waals surface area contributed by atoms with Crippen LogP contribution in [0.25, 0.3) is 11.3 Å². The number of nitrogens with one attached hydrogen (secondary N) is 1. The zero-order valence-corrected chi connectivity index (χ0v) is 21.1.